The Morgan fingerprint density at radius 3 is 2.29 bits per heavy atom. The van der Waals surface area contributed by atoms with Crippen LogP contribution in [0.25, 0.3) is 0 Å². The average Bonchev–Trinajstić information content (AvgIpc) is 3.35. The predicted octanol–water partition coefficient (Wildman–Crippen LogP) is 3.69. The van der Waals surface area contributed by atoms with Gasteiger partial charge in [0.15, 0.2) is 0 Å². The molecule has 3 rings (SSSR count). The fourth-order valence-electron chi connectivity index (χ4n) is 2.91. The summed E-state index contributed by atoms with van der Waals surface area (Å²) in [5, 5.41) is 3.02. The molecule has 1 saturated carbocycles. The van der Waals surface area contributed by atoms with E-state index in [1.807, 2.05) is 37.3 Å². The Balaban J connectivity index is 0.00000208. The monoisotopic (exact) mass is 348 g/mol. The zero-order valence-corrected chi connectivity index (χ0v) is 14.4. The summed E-state index contributed by atoms with van der Waals surface area (Å²) in [6.45, 7) is 1.81. The van der Waals surface area contributed by atoms with Crippen molar-refractivity contribution in [2.45, 2.75) is 31.3 Å². The van der Waals surface area contributed by atoms with Crippen LogP contribution >= 0.6 is 12.4 Å². The highest BCUT2D eigenvalue weighted by Crippen LogP contribution is 2.46. The summed E-state index contributed by atoms with van der Waals surface area (Å²) < 4.78 is 14.0. The second-order valence-electron chi connectivity index (χ2n) is 6.28. The van der Waals surface area contributed by atoms with Gasteiger partial charge in [-0.25, -0.2) is 4.39 Å². The highest BCUT2D eigenvalue weighted by molar-refractivity contribution is 5.85. The molecule has 1 aliphatic carbocycles. The van der Waals surface area contributed by atoms with Gasteiger partial charge in [-0.1, -0.05) is 55.5 Å². The van der Waals surface area contributed by atoms with Gasteiger partial charge < -0.3 is 11.1 Å². The number of hydrogen-bond donors (Lipinski definition) is 2. The van der Waals surface area contributed by atoms with Crippen LogP contribution in [0.2, 0.25) is 0 Å². The van der Waals surface area contributed by atoms with Crippen molar-refractivity contribution in [2.24, 2.45) is 11.7 Å². The van der Waals surface area contributed by atoms with Crippen LogP contribution in [0, 0.1) is 11.7 Å². The van der Waals surface area contributed by atoms with Gasteiger partial charge in [-0.15, -0.1) is 12.4 Å². The molecule has 0 aliphatic heterocycles. The minimum absolute atomic E-state index is 0. The molecule has 3 nitrogen and oxygen atoms in total. The minimum atomic E-state index is -0.562. The number of rotatable bonds is 5. The number of hydrogen-bond acceptors (Lipinski definition) is 2. The molecule has 0 radical (unpaired) electrons. The lowest BCUT2D eigenvalue weighted by Crippen LogP contribution is -2.41. The first-order chi connectivity index (χ1) is 11.0. The Kier molecular flexibility index (Phi) is 5.62. The van der Waals surface area contributed by atoms with Crippen LogP contribution in [0.15, 0.2) is 54.6 Å². The molecular formula is C19H22ClFN2O. The zero-order valence-electron chi connectivity index (χ0n) is 13.5. The van der Waals surface area contributed by atoms with Gasteiger partial charge in [0, 0.05) is 11.6 Å². The molecule has 128 valence electrons. The Morgan fingerprint density at radius 1 is 1.12 bits per heavy atom. The summed E-state index contributed by atoms with van der Waals surface area (Å²) in [6, 6.07) is 15.8. The van der Waals surface area contributed by atoms with E-state index in [1.54, 1.807) is 18.2 Å². The van der Waals surface area contributed by atoms with Gasteiger partial charge in [-0.2, -0.15) is 0 Å². The lowest BCUT2D eigenvalue weighted by molar-refractivity contribution is -0.126. The van der Waals surface area contributed by atoms with Crippen molar-refractivity contribution in [3.63, 3.8) is 0 Å². The topological polar surface area (TPSA) is 55.1 Å². The molecule has 24 heavy (non-hydrogen) atoms. The van der Waals surface area contributed by atoms with Crippen molar-refractivity contribution in [2.75, 3.05) is 0 Å². The third-order valence-corrected chi connectivity index (χ3v) is 4.64. The molecule has 0 spiro atoms. The molecule has 2 aromatic carbocycles. The average molecular weight is 349 g/mol. The number of halogens is 2. The summed E-state index contributed by atoms with van der Waals surface area (Å²) in [5.41, 5.74) is 7.14. The van der Waals surface area contributed by atoms with Crippen LogP contribution in [0.1, 0.15) is 36.9 Å². The van der Waals surface area contributed by atoms with E-state index in [4.69, 9.17) is 5.73 Å². The van der Waals surface area contributed by atoms with Crippen molar-refractivity contribution < 1.29 is 9.18 Å². The number of carbonyl (C=O) groups is 1. The van der Waals surface area contributed by atoms with E-state index in [0.717, 1.165) is 18.4 Å². The van der Waals surface area contributed by atoms with Crippen LogP contribution < -0.4 is 11.1 Å². The number of amides is 1. The Bertz CT molecular complexity index is 704. The molecule has 2 atom stereocenters. The summed E-state index contributed by atoms with van der Waals surface area (Å²) in [7, 11) is 0. The molecular weight excluding hydrogens is 327 g/mol. The highest BCUT2D eigenvalue weighted by atomic mass is 35.5. The van der Waals surface area contributed by atoms with E-state index in [1.165, 1.54) is 6.07 Å². The van der Waals surface area contributed by atoms with Crippen LogP contribution in [-0.2, 0) is 10.3 Å². The Labute approximate surface area is 147 Å². The summed E-state index contributed by atoms with van der Waals surface area (Å²) >= 11 is 0. The minimum Gasteiger partial charge on any atom is -0.346 e. The van der Waals surface area contributed by atoms with Crippen molar-refractivity contribution in [3.8, 4) is 0 Å². The number of benzene rings is 2. The van der Waals surface area contributed by atoms with Gasteiger partial charge in [0.1, 0.15) is 5.82 Å². The van der Waals surface area contributed by atoms with E-state index in [9.17, 15) is 9.18 Å². The molecule has 5 heteroatoms. The maximum Gasteiger partial charge on any atom is 0.225 e. The van der Waals surface area contributed by atoms with Gasteiger partial charge in [0.05, 0.1) is 11.5 Å². The fourth-order valence-corrected chi connectivity index (χ4v) is 2.91. The van der Waals surface area contributed by atoms with Crippen LogP contribution in [0.4, 0.5) is 4.39 Å². The second-order valence-corrected chi connectivity index (χ2v) is 6.28. The van der Waals surface area contributed by atoms with Gasteiger partial charge in [-0.3, -0.25) is 4.79 Å². The first-order valence-electron chi connectivity index (χ1n) is 7.91. The molecule has 0 heterocycles. The van der Waals surface area contributed by atoms with E-state index in [0.29, 0.717) is 5.56 Å². The molecule has 0 aromatic heterocycles. The molecule has 1 fully saturated rings. The van der Waals surface area contributed by atoms with E-state index < -0.39 is 5.54 Å². The van der Waals surface area contributed by atoms with Crippen LogP contribution in [0.5, 0.6) is 0 Å². The lowest BCUT2D eigenvalue weighted by Gasteiger charge is -2.24. The second kappa shape index (κ2) is 7.32. The van der Waals surface area contributed by atoms with Crippen molar-refractivity contribution in [1.82, 2.24) is 5.32 Å². The molecule has 0 saturated heterocycles. The molecule has 2 aromatic rings. The maximum atomic E-state index is 14.0. The van der Waals surface area contributed by atoms with Crippen LogP contribution in [-0.4, -0.2) is 5.91 Å². The van der Waals surface area contributed by atoms with Crippen molar-refractivity contribution in [3.05, 3.63) is 71.5 Å². The number of carbonyl (C=O) groups excluding carboxylic acids is 1. The first-order valence-corrected chi connectivity index (χ1v) is 7.91. The van der Waals surface area contributed by atoms with Gasteiger partial charge >= 0.3 is 0 Å². The van der Waals surface area contributed by atoms with E-state index >= 15 is 0 Å². The van der Waals surface area contributed by atoms with E-state index in [-0.39, 0.29) is 36.1 Å². The third kappa shape index (κ3) is 3.60. The van der Waals surface area contributed by atoms with Crippen molar-refractivity contribution in [1.29, 1.82) is 0 Å². The predicted molar refractivity (Wildman–Crippen MR) is 95.2 cm³/mol. The molecule has 0 bridgehead atoms. The van der Waals surface area contributed by atoms with Crippen LogP contribution in [0.3, 0.4) is 0 Å². The molecule has 2 unspecified atom stereocenters. The highest BCUT2D eigenvalue weighted by Gasteiger charge is 2.48. The summed E-state index contributed by atoms with van der Waals surface area (Å²) in [4.78, 5) is 12.6. The van der Waals surface area contributed by atoms with Gasteiger partial charge in [-0.05, 0) is 24.5 Å². The maximum absolute atomic E-state index is 14.0. The smallest absolute Gasteiger partial charge is 0.225 e. The summed E-state index contributed by atoms with van der Waals surface area (Å²) in [6.07, 6.45) is 1.51. The number of nitrogens with two attached hydrogens (primary N) is 1. The standard InChI is InChI=1S/C19H21FN2O.ClH/c1-13(17(21)14-7-3-2-4-8-14)18(23)22-19(11-12-19)15-9-5-6-10-16(15)20;/h2-10,13,17H,11-12,21H2,1H3,(H,22,23);1H. The molecule has 1 aliphatic rings. The normalized spacial score (nSPS) is 17.3. The first kappa shape index (κ1) is 18.4. The fraction of sp³-hybridized carbons (Fsp3) is 0.316. The SMILES string of the molecule is CC(C(=O)NC1(c2ccccc2F)CC1)C(N)c1ccccc1.Cl. The zero-order chi connectivity index (χ0) is 16.4. The van der Waals surface area contributed by atoms with E-state index in [2.05, 4.69) is 5.32 Å². The van der Waals surface area contributed by atoms with Crippen molar-refractivity contribution >= 4 is 18.3 Å². The largest absolute Gasteiger partial charge is 0.346 e. The van der Waals surface area contributed by atoms with Gasteiger partial charge in [0.2, 0.25) is 5.91 Å². The third-order valence-electron chi connectivity index (χ3n) is 4.64. The molecule has 3 N–H and O–H groups in total. The Hall–Kier alpha value is -1.91. The number of nitrogens with one attached hydrogen (secondary N) is 1. The lowest BCUT2D eigenvalue weighted by atomic mass is 9.93. The molecule has 1 amide bonds. The Morgan fingerprint density at radius 2 is 1.71 bits per heavy atom. The van der Waals surface area contributed by atoms with Gasteiger partial charge in [0.25, 0.3) is 0 Å². The summed E-state index contributed by atoms with van der Waals surface area (Å²) in [5.74, 6) is -0.797. The quantitative estimate of drug-likeness (QED) is 0.865.